The Balaban J connectivity index is 2.27. The Morgan fingerprint density at radius 1 is 1.55 bits per heavy atom. The average molecular weight is 155 g/mol. The summed E-state index contributed by atoms with van der Waals surface area (Å²) >= 11 is 0. The van der Waals surface area contributed by atoms with E-state index in [2.05, 4.69) is 6.92 Å². The zero-order chi connectivity index (χ0) is 8.27. The van der Waals surface area contributed by atoms with Crippen molar-refractivity contribution in [3.05, 3.63) is 0 Å². The first-order valence-electron chi connectivity index (χ1n) is 4.50. The first-order chi connectivity index (χ1) is 5.25. The van der Waals surface area contributed by atoms with Crippen molar-refractivity contribution in [2.24, 2.45) is 5.92 Å². The van der Waals surface area contributed by atoms with E-state index in [9.17, 15) is 4.79 Å². The van der Waals surface area contributed by atoms with Crippen molar-refractivity contribution in [3.8, 4) is 0 Å². The summed E-state index contributed by atoms with van der Waals surface area (Å²) in [6.45, 7) is 3.01. The van der Waals surface area contributed by atoms with Crippen LogP contribution in [-0.4, -0.2) is 24.4 Å². The van der Waals surface area contributed by atoms with E-state index in [4.69, 9.17) is 0 Å². The van der Waals surface area contributed by atoms with Crippen LogP contribution in [0.2, 0.25) is 0 Å². The van der Waals surface area contributed by atoms with Gasteiger partial charge >= 0.3 is 0 Å². The van der Waals surface area contributed by atoms with E-state index >= 15 is 0 Å². The molecule has 2 nitrogen and oxygen atoms in total. The molecule has 0 heterocycles. The van der Waals surface area contributed by atoms with Crippen molar-refractivity contribution in [2.75, 3.05) is 13.6 Å². The Morgan fingerprint density at radius 3 is 2.55 bits per heavy atom. The molecule has 1 aliphatic carbocycles. The van der Waals surface area contributed by atoms with Crippen molar-refractivity contribution < 1.29 is 4.79 Å². The Morgan fingerprint density at radius 2 is 2.18 bits per heavy atom. The Bertz CT molecular complexity index is 140. The molecule has 0 saturated heterocycles. The second-order valence-electron chi connectivity index (χ2n) is 3.39. The fraction of sp³-hybridized carbons (Fsp3) is 0.889. The highest BCUT2D eigenvalue weighted by molar-refractivity contribution is 5.79. The fourth-order valence-electron chi connectivity index (χ4n) is 1.41. The monoisotopic (exact) mass is 155 g/mol. The highest BCUT2D eigenvalue weighted by atomic mass is 16.2. The van der Waals surface area contributed by atoms with Gasteiger partial charge in [0, 0.05) is 19.5 Å². The van der Waals surface area contributed by atoms with Crippen LogP contribution in [0, 0.1) is 5.92 Å². The van der Waals surface area contributed by atoms with Crippen molar-refractivity contribution in [1.82, 2.24) is 4.90 Å². The summed E-state index contributed by atoms with van der Waals surface area (Å²) in [5.41, 5.74) is 0. The van der Waals surface area contributed by atoms with Crippen LogP contribution in [0.5, 0.6) is 0 Å². The van der Waals surface area contributed by atoms with E-state index in [0.29, 0.717) is 11.8 Å². The van der Waals surface area contributed by atoms with Gasteiger partial charge in [0.1, 0.15) is 0 Å². The zero-order valence-corrected chi connectivity index (χ0v) is 7.47. The van der Waals surface area contributed by atoms with E-state index < -0.39 is 0 Å². The molecule has 1 rings (SSSR count). The molecule has 64 valence electrons. The van der Waals surface area contributed by atoms with Gasteiger partial charge in [0.2, 0.25) is 5.91 Å². The summed E-state index contributed by atoms with van der Waals surface area (Å²) in [5.74, 6) is 0.727. The molecule has 1 saturated carbocycles. The largest absolute Gasteiger partial charge is 0.346 e. The minimum atomic E-state index is 0.359. The van der Waals surface area contributed by atoms with Gasteiger partial charge in [-0.25, -0.2) is 0 Å². The number of rotatable bonds is 3. The van der Waals surface area contributed by atoms with Gasteiger partial charge in [-0.15, -0.1) is 0 Å². The minimum Gasteiger partial charge on any atom is -0.346 e. The molecule has 0 atom stereocenters. The predicted octanol–water partition coefficient (Wildman–Crippen LogP) is 1.65. The summed E-state index contributed by atoms with van der Waals surface area (Å²) in [5, 5.41) is 0. The highest BCUT2D eigenvalue weighted by Gasteiger charge is 2.27. The summed E-state index contributed by atoms with van der Waals surface area (Å²) in [6.07, 6.45) is 4.55. The molecule has 0 radical (unpaired) electrons. The maximum Gasteiger partial charge on any atom is 0.225 e. The average Bonchev–Trinajstić information content (AvgIpc) is 1.84. The molecule has 0 aromatic heterocycles. The second-order valence-corrected chi connectivity index (χ2v) is 3.39. The maximum atomic E-state index is 11.4. The van der Waals surface area contributed by atoms with Crippen molar-refractivity contribution in [3.63, 3.8) is 0 Å². The van der Waals surface area contributed by atoms with Crippen molar-refractivity contribution >= 4 is 5.91 Å². The summed E-state index contributed by atoms with van der Waals surface area (Å²) < 4.78 is 0. The molecule has 0 N–H and O–H groups in total. The molecule has 0 spiro atoms. The normalized spacial score (nSPS) is 17.6. The lowest BCUT2D eigenvalue weighted by atomic mass is 9.84. The van der Waals surface area contributed by atoms with Crippen molar-refractivity contribution in [2.45, 2.75) is 32.6 Å². The van der Waals surface area contributed by atoms with E-state index in [1.807, 2.05) is 11.9 Å². The molecule has 2 heteroatoms. The smallest absolute Gasteiger partial charge is 0.225 e. The van der Waals surface area contributed by atoms with Gasteiger partial charge in [-0.1, -0.05) is 13.3 Å². The van der Waals surface area contributed by atoms with Crippen LogP contribution in [0.25, 0.3) is 0 Å². The van der Waals surface area contributed by atoms with Crippen LogP contribution in [0.4, 0.5) is 0 Å². The number of carbonyl (C=O) groups is 1. The molecule has 1 fully saturated rings. The van der Waals surface area contributed by atoms with Crippen LogP contribution in [-0.2, 0) is 4.79 Å². The third kappa shape index (κ3) is 1.95. The Kier molecular flexibility index (Phi) is 2.92. The summed E-state index contributed by atoms with van der Waals surface area (Å²) in [6, 6.07) is 0. The molecule has 11 heavy (non-hydrogen) atoms. The number of nitrogens with zero attached hydrogens (tertiary/aromatic N) is 1. The third-order valence-corrected chi connectivity index (χ3v) is 2.39. The van der Waals surface area contributed by atoms with Gasteiger partial charge in [-0.05, 0) is 19.3 Å². The fourth-order valence-corrected chi connectivity index (χ4v) is 1.41. The van der Waals surface area contributed by atoms with Crippen LogP contribution >= 0.6 is 0 Å². The topological polar surface area (TPSA) is 20.3 Å². The Hall–Kier alpha value is -0.530. The maximum absolute atomic E-state index is 11.4. The molecular formula is C9H17NO. The molecule has 0 aromatic rings. The van der Waals surface area contributed by atoms with Crippen LogP contribution in [0.3, 0.4) is 0 Å². The quantitative estimate of drug-likeness (QED) is 0.607. The third-order valence-electron chi connectivity index (χ3n) is 2.39. The number of hydrogen-bond acceptors (Lipinski definition) is 1. The van der Waals surface area contributed by atoms with Gasteiger partial charge in [0.15, 0.2) is 0 Å². The first kappa shape index (κ1) is 8.57. The van der Waals surface area contributed by atoms with Crippen LogP contribution < -0.4 is 0 Å². The molecular weight excluding hydrogens is 138 g/mol. The van der Waals surface area contributed by atoms with E-state index in [1.54, 1.807) is 0 Å². The molecule has 0 aliphatic heterocycles. The SMILES string of the molecule is CCCN(C)C(=O)C1CCC1. The molecule has 1 amide bonds. The lowest BCUT2D eigenvalue weighted by Gasteiger charge is -2.28. The standard InChI is InChI=1S/C9H17NO/c1-3-7-10(2)9(11)8-5-4-6-8/h8H,3-7H2,1-2H3. The van der Waals surface area contributed by atoms with Gasteiger partial charge < -0.3 is 4.90 Å². The number of amides is 1. The van der Waals surface area contributed by atoms with Gasteiger partial charge in [0.05, 0.1) is 0 Å². The Labute approximate surface area is 68.6 Å². The number of carbonyl (C=O) groups excluding carboxylic acids is 1. The summed E-state index contributed by atoms with van der Waals surface area (Å²) in [4.78, 5) is 13.3. The zero-order valence-electron chi connectivity index (χ0n) is 7.47. The minimum absolute atomic E-state index is 0.359. The van der Waals surface area contributed by atoms with E-state index in [0.717, 1.165) is 25.8 Å². The van der Waals surface area contributed by atoms with Gasteiger partial charge in [-0.2, -0.15) is 0 Å². The van der Waals surface area contributed by atoms with Gasteiger partial charge in [0.25, 0.3) is 0 Å². The molecule has 0 unspecified atom stereocenters. The van der Waals surface area contributed by atoms with E-state index in [1.165, 1.54) is 6.42 Å². The summed E-state index contributed by atoms with van der Waals surface area (Å²) in [7, 11) is 1.91. The molecule has 0 aromatic carbocycles. The second kappa shape index (κ2) is 3.74. The van der Waals surface area contributed by atoms with E-state index in [-0.39, 0.29) is 0 Å². The van der Waals surface area contributed by atoms with Crippen LogP contribution in [0.1, 0.15) is 32.6 Å². The predicted molar refractivity (Wildman–Crippen MR) is 45.3 cm³/mol. The highest BCUT2D eigenvalue weighted by Crippen LogP contribution is 2.27. The van der Waals surface area contributed by atoms with Gasteiger partial charge in [-0.3, -0.25) is 4.79 Å². The molecule has 0 bridgehead atoms. The lowest BCUT2D eigenvalue weighted by Crippen LogP contribution is -2.36. The first-order valence-corrected chi connectivity index (χ1v) is 4.50. The lowest BCUT2D eigenvalue weighted by molar-refractivity contribution is -0.136. The number of hydrogen-bond donors (Lipinski definition) is 0. The van der Waals surface area contributed by atoms with Crippen molar-refractivity contribution in [1.29, 1.82) is 0 Å². The van der Waals surface area contributed by atoms with Crippen LogP contribution in [0.15, 0.2) is 0 Å². The molecule has 1 aliphatic rings.